The van der Waals surface area contributed by atoms with Crippen LogP contribution in [0.1, 0.15) is 16.7 Å². The van der Waals surface area contributed by atoms with E-state index >= 15 is 0 Å². The summed E-state index contributed by atoms with van der Waals surface area (Å²) in [5.74, 6) is 1.15. The van der Waals surface area contributed by atoms with Gasteiger partial charge < -0.3 is 15.7 Å². The summed E-state index contributed by atoms with van der Waals surface area (Å²) in [6, 6.07) is 7.50. The number of aryl methyl sites for hydroxylation is 2. The van der Waals surface area contributed by atoms with Crippen LogP contribution in [-0.2, 0) is 0 Å². The number of benzene rings is 1. The van der Waals surface area contributed by atoms with Gasteiger partial charge in [-0.05, 0) is 31.5 Å². The Balaban J connectivity index is 2.38. The van der Waals surface area contributed by atoms with Crippen LogP contribution in [0.2, 0.25) is 0 Å². The average molecular weight is 257 g/mol. The number of hydrogen-bond donors (Lipinski definition) is 2. The van der Waals surface area contributed by atoms with E-state index in [1.54, 1.807) is 12.3 Å². The van der Waals surface area contributed by atoms with E-state index in [2.05, 4.69) is 10.1 Å². The first kappa shape index (κ1) is 12.9. The van der Waals surface area contributed by atoms with Crippen molar-refractivity contribution in [2.75, 3.05) is 0 Å². The molecule has 1 aromatic carbocycles. The molecule has 0 atom stereocenters. The minimum Gasteiger partial charge on any atom is -0.455 e. The third-order valence-electron chi connectivity index (χ3n) is 2.72. The Morgan fingerprint density at radius 2 is 2.05 bits per heavy atom. The van der Waals surface area contributed by atoms with E-state index in [1.165, 1.54) is 6.20 Å². The van der Waals surface area contributed by atoms with Gasteiger partial charge in [0.1, 0.15) is 5.75 Å². The second-order valence-corrected chi connectivity index (χ2v) is 4.23. The second kappa shape index (κ2) is 5.39. The topological polar surface area (TPSA) is 80.7 Å². The smallest absolute Gasteiger partial charge is 0.173 e. The predicted octanol–water partition coefficient (Wildman–Crippen LogP) is 2.59. The fraction of sp³-hybridized carbons (Fsp3) is 0.143. The Bertz CT molecular complexity index is 624. The van der Waals surface area contributed by atoms with Crippen molar-refractivity contribution in [2.45, 2.75) is 13.8 Å². The zero-order valence-corrected chi connectivity index (χ0v) is 10.8. The molecule has 0 aliphatic heterocycles. The van der Waals surface area contributed by atoms with Gasteiger partial charge >= 0.3 is 0 Å². The highest BCUT2D eigenvalue weighted by Crippen LogP contribution is 2.27. The van der Waals surface area contributed by atoms with Crippen molar-refractivity contribution in [3.63, 3.8) is 0 Å². The lowest BCUT2D eigenvalue weighted by Crippen LogP contribution is -2.14. The van der Waals surface area contributed by atoms with E-state index < -0.39 is 0 Å². The molecule has 0 unspecified atom stereocenters. The van der Waals surface area contributed by atoms with Gasteiger partial charge in [0.25, 0.3) is 0 Å². The van der Waals surface area contributed by atoms with Gasteiger partial charge in [-0.25, -0.2) is 0 Å². The summed E-state index contributed by atoms with van der Waals surface area (Å²) >= 11 is 0. The predicted molar refractivity (Wildman–Crippen MR) is 72.7 cm³/mol. The fourth-order valence-electron chi connectivity index (χ4n) is 1.76. The van der Waals surface area contributed by atoms with E-state index in [0.29, 0.717) is 17.1 Å². The van der Waals surface area contributed by atoms with Gasteiger partial charge in [-0.3, -0.25) is 4.98 Å². The van der Waals surface area contributed by atoms with E-state index in [-0.39, 0.29) is 5.84 Å². The molecule has 0 aliphatic carbocycles. The van der Waals surface area contributed by atoms with Crippen LogP contribution in [0.25, 0.3) is 0 Å². The maximum Gasteiger partial charge on any atom is 0.173 e. The fourth-order valence-corrected chi connectivity index (χ4v) is 1.76. The molecular formula is C14H15N3O2. The van der Waals surface area contributed by atoms with Crippen LogP contribution in [0, 0.1) is 13.8 Å². The molecular weight excluding hydrogens is 242 g/mol. The monoisotopic (exact) mass is 257 g/mol. The van der Waals surface area contributed by atoms with Crippen molar-refractivity contribution in [1.29, 1.82) is 0 Å². The van der Waals surface area contributed by atoms with Gasteiger partial charge in [-0.2, -0.15) is 0 Å². The molecule has 2 aromatic rings. The summed E-state index contributed by atoms with van der Waals surface area (Å²) < 4.78 is 5.78. The molecule has 3 N–H and O–H groups in total. The van der Waals surface area contributed by atoms with Crippen LogP contribution in [0.15, 0.2) is 41.8 Å². The van der Waals surface area contributed by atoms with Crippen LogP contribution in [0.3, 0.4) is 0 Å². The van der Waals surface area contributed by atoms with Gasteiger partial charge in [-0.15, -0.1) is 0 Å². The molecule has 98 valence electrons. The molecule has 0 spiro atoms. The van der Waals surface area contributed by atoms with Crippen LogP contribution in [0.4, 0.5) is 0 Å². The Labute approximate surface area is 111 Å². The maximum absolute atomic E-state index is 8.76. The van der Waals surface area contributed by atoms with Crippen molar-refractivity contribution in [1.82, 2.24) is 4.98 Å². The van der Waals surface area contributed by atoms with Crippen LogP contribution >= 0.6 is 0 Å². The summed E-state index contributed by atoms with van der Waals surface area (Å²) in [6.07, 6.45) is 3.09. The lowest BCUT2D eigenvalue weighted by Gasteiger charge is -2.11. The molecule has 0 saturated heterocycles. The molecule has 0 radical (unpaired) electrons. The summed E-state index contributed by atoms with van der Waals surface area (Å²) in [4.78, 5) is 3.99. The summed E-state index contributed by atoms with van der Waals surface area (Å²) in [7, 11) is 0. The number of rotatable bonds is 3. The largest absolute Gasteiger partial charge is 0.455 e. The molecule has 0 amide bonds. The molecule has 1 aromatic heterocycles. The number of nitrogens with zero attached hydrogens (tertiary/aromatic N) is 2. The van der Waals surface area contributed by atoms with Gasteiger partial charge in [0.2, 0.25) is 0 Å². The highest BCUT2D eigenvalue weighted by Gasteiger charge is 2.10. The second-order valence-electron chi connectivity index (χ2n) is 4.23. The number of hydrogen-bond acceptors (Lipinski definition) is 4. The SMILES string of the molecule is Cc1ccc(Oc2cnccc2/C(N)=N/O)c(C)c1. The number of pyridine rings is 1. The lowest BCUT2D eigenvalue weighted by molar-refractivity contribution is 0.318. The van der Waals surface area contributed by atoms with E-state index in [4.69, 9.17) is 15.7 Å². The summed E-state index contributed by atoms with van der Waals surface area (Å²) in [6.45, 7) is 3.98. The molecule has 0 bridgehead atoms. The quantitative estimate of drug-likeness (QED) is 0.383. The first-order valence-corrected chi connectivity index (χ1v) is 5.79. The van der Waals surface area contributed by atoms with Gasteiger partial charge in [0.05, 0.1) is 11.8 Å². The highest BCUT2D eigenvalue weighted by molar-refractivity contribution is 5.99. The van der Waals surface area contributed by atoms with Crippen molar-refractivity contribution in [3.05, 3.63) is 53.3 Å². The summed E-state index contributed by atoms with van der Waals surface area (Å²) in [5.41, 5.74) is 8.27. The van der Waals surface area contributed by atoms with Crippen LogP contribution < -0.4 is 10.5 Å². The maximum atomic E-state index is 8.76. The van der Waals surface area contributed by atoms with Gasteiger partial charge in [-0.1, -0.05) is 22.9 Å². The zero-order valence-electron chi connectivity index (χ0n) is 10.8. The Kier molecular flexibility index (Phi) is 3.66. The van der Waals surface area contributed by atoms with Crippen molar-refractivity contribution >= 4 is 5.84 Å². The van der Waals surface area contributed by atoms with E-state index in [9.17, 15) is 0 Å². The third-order valence-corrected chi connectivity index (χ3v) is 2.72. The minimum atomic E-state index is -0.0119. The van der Waals surface area contributed by atoms with Crippen molar-refractivity contribution in [3.8, 4) is 11.5 Å². The number of oxime groups is 1. The molecule has 5 nitrogen and oxygen atoms in total. The molecule has 2 rings (SSSR count). The molecule has 1 heterocycles. The van der Waals surface area contributed by atoms with Gasteiger partial charge in [0, 0.05) is 6.20 Å². The average Bonchev–Trinajstić information content (AvgIpc) is 2.41. The van der Waals surface area contributed by atoms with Crippen LogP contribution in [-0.4, -0.2) is 16.0 Å². The highest BCUT2D eigenvalue weighted by atomic mass is 16.5. The molecule has 0 aliphatic rings. The number of aromatic nitrogens is 1. The Hall–Kier alpha value is -2.56. The van der Waals surface area contributed by atoms with Crippen molar-refractivity contribution < 1.29 is 9.94 Å². The molecule has 0 fully saturated rings. The first-order valence-electron chi connectivity index (χ1n) is 5.79. The first-order chi connectivity index (χ1) is 9.11. The van der Waals surface area contributed by atoms with Crippen LogP contribution in [0.5, 0.6) is 11.5 Å². The summed E-state index contributed by atoms with van der Waals surface area (Å²) in [5, 5.41) is 11.7. The normalized spacial score (nSPS) is 11.4. The number of nitrogens with two attached hydrogens (primary N) is 1. The van der Waals surface area contributed by atoms with E-state index in [0.717, 1.165) is 11.1 Å². The number of amidine groups is 1. The lowest BCUT2D eigenvalue weighted by atomic mass is 10.1. The Morgan fingerprint density at radius 1 is 1.26 bits per heavy atom. The molecule has 5 heteroatoms. The van der Waals surface area contributed by atoms with E-state index in [1.807, 2.05) is 32.0 Å². The third kappa shape index (κ3) is 2.82. The minimum absolute atomic E-state index is 0.0119. The zero-order chi connectivity index (χ0) is 13.8. The standard InChI is InChI=1S/C14H15N3O2/c1-9-3-4-12(10(2)7-9)19-13-8-16-6-5-11(13)14(15)17-18/h3-8,18H,1-2H3,(H2,15,17). The molecule has 19 heavy (non-hydrogen) atoms. The number of ether oxygens (including phenoxy) is 1. The van der Waals surface area contributed by atoms with Crippen molar-refractivity contribution in [2.24, 2.45) is 10.9 Å². The van der Waals surface area contributed by atoms with Gasteiger partial charge in [0.15, 0.2) is 11.6 Å². The Morgan fingerprint density at radius 3 is 2.74 bits per heavy atom. The molecule has 0 saturated carbocycles.